The molecule has 0 bridgehead atoms. The molecule has 1 aromatic rings. The average Bonchev–Trinajstić information content (AvgIpc) is 2.37. The van der Waals surface area contributed by atoms with Crippen molar-refractivity contribution in [1.82, 2.24) is 0 Å². The van der Waals surface area contributed by atoms with Crippen LogP contribution in [0.4, 0.5) is 0 Å². The zero-order valence-electron chi connectivity index (χ0n) is 11.6. The van der Waals surface area contributed by atoms with E-state index in [1.165, 1.54) is 11.1 Å². The molecule has 1 atom stereocenters. The molecule has 102 valence electrons. The standard InChI is InChI=1S/C15H24O3/c1-4-17-15(18-5-2)14(16)11-10-13-8-6-12(3)7-9-13/h6-9,14-16H,4-5,10-11H2,1-3H3. The highest BCUT2D eigenvalue weighted by atomic mass is 16.7. The van der Waals surface area contributed by atoms with E-state index in [9.17, 15) is 5.11 Å². The minimum absolute atomic E-state index is 0.509. The first-order valence-corrected chi connectivity index (χ1v) is 6.64. The van der Waals surface area contributed by atoms with Gasteiger partial charge in [0.2, 0.25) is 0 Å². The van der Waals surface area contributed by atoms with Crippen LogP contribution in [0, 0.1) is 6.92 Å². The minimum Gasteiger partial charge on any atom is -0.388 e. The zero-order chi connectivity index (χ0) is 13.4. The van der Waals surface area contributed by atoms with Gasteiger partial charge in [-0.2, -0.15) is 0 Å². The Labute approximate surface area is 110 Å². The van der Waals surface area contributed by atoms with E-state index in [-0.39, 0.29) is 0 Å². The van der Waals surface area contributed by atoms with E-state index in [2.05, 4.69) is 31.2 Å². The van der Waals surface area contributed by atoms with Crippen molar-refractivity contribution in [2.75, 3.05) is 13.2 Å². The number of benzene rings is 1. The minimum atomic E-state index is -0.578. The molecule has 0 aliphatic rings. The number of ether oxygens (including phenoxy) is 2. The molecule has 0 aliphatic heterocycles. The maximum Gasteiger partial charge on any atom is 0.183 e. The molecule has 0 saturated carbocycles. The predicted molar refractivity (Wildman–Crippen MR) is 72.5 cm³/mol. The van der Waals surface area contributed by atoms with Crippen molar-refractivity contribution >= 4 is 0 Å². The van der Waals surface area contributed by atoms with Crippen LogP contribution in [-0.4, -0.2) is 30.7 Å². The molecular formula is C15H24O3. The Morgan fingerprint density at radius 3 is 2.11 bits per heavy atom. The highest BCUT2D eigenvalue weighted by molar-refractivity contribution is 5.21. The van der Waals surface area contributed by atoms with Gasteiger partial charge in [-0.25, -0.2) is 0 Å². The predicted octanol–water partition coefficient (Wildman–Crippen LogP) is 2.69. The highest BCUT2D eigenvalue weighted by Crippen LogP contribution is 2.11. The lowest BCUT2D eigenvalue weighted by Gasteiger charge is -2.22. The summed E-state index contributed by atoms with van der Waals surface area (Å²) < 4.78 is 10.8. The third-order valence-corrected chi connectivity index (χ3v) is 2.83. The maximum atomic E-state index is 10.0. The van der Waals surface area contributed by atoms with Crippen molar-refractivity contribution in [2.24, 2.45) is 0 Å². The maximum absolute atomic E-state index is 10.0. The second kappa shape index (κ2) is 8.25. The Morgan fingerprint density at radius 2 is 1.61 bits per heavy atom. The molecule has 1 aromatic carbocycles. The van der Waals surface area contributed by atoms with Gasteiger partial charge in [0.25, 0.3) is 0 Å². The number of aliphatic hydroxyl groups excluding tert-OH is 1. The van der Waals surface area contributed by atoms with Crippen molar-refractivity contribution < 1.29 is 14.6 Å². The number of hydrogen-bond acceptors (Lipinski definition) is 3. The number of aliphatic hydroxyl groups is 1. The normalized spacial score (nSPS) is 12.9. The fourth-order valence-corrected chi connectivity index (χ4v) is 1.80. The Kier molecular flexibility index (Phi) is 6.94. The quantitative estimate of drug-likeness (QED) is 0.723. The van der Waals surface area contributed by atoms with Gasteiger partial charge in [-0.3, -0.25) is 0 Å². The van der Waals surface area contributed by atoms with Crippen LogP contribution in [0.15, 0.2) is 24.3 Å². The third kappa shape index (κ3) is 5.17. The van der Waals surface area contributed by atoms with Gasteiger partial charge >= 0.3 is 0 Å². The molecule has 0 radical (unpaired) electrons. The van der Waals surface area contributed by atoms with Crippen molar-refractivity contribution in [2.45, 2.75) is 46.0 Å². The molecule has 3 heteroatoms. The van der Waals surface area contributed by atoms with Crippen LogP contribution in [0.25, 0.3) is 0 Å². The van der Waals surface area contributed by atoms with E-state index in [0.29, 0.717) is 19.6 Å². The summed E-state index contributed by atoms with van der Waals surface area (Å²) in [4.78, 5) is 0. The molecule has 0 aromatic heterocycles. The SMILES string of the molecule is CCOC(OCC)C(O)CCc1ccc(C)cc1. The number of hydrogen-bond donors (Lipinski definition) is 1. The molecule has 1 unspecified atom stereocenters. The Morgan fingerprint density at radius 1 is 1.06 bits per heavy atom. The van der Waals surface area contributed by atoms with Gasteiger partial charge < -0.3 is 14.6 Å². The molecule has 0 spiro atoms. The molecule has 3 nitrogen and oxygen atoms in total. The van der Waals surface area contributed by atoms with Crippen molar-refractivity contribution in [3.63, 3.8) is 0 Å². The average molecular weight is 252 g/mol. The fourth-order valence-electron chi connectivity index (χ4n) is 1.80. The topological polar surface area (TPSA) is 38.7 Å². The largest absolute Gasteiger partial charge is 0.388 e. The summed E-state index contributed by atoms with van der Waals surface area (Å²) in [6.45, 7) is 6.97. The first kappa shape index (κ1) is 15.2. The summed E-state index contributed by atoms with van der Waals surface area (Å²) in [5.41, 5.74) is 2.48. The van der Waals surface area contributed by atoms with Gasteiger partial charge in [-0.15, -0.1) is 0 Å². The lowest BCUT2D eigenvalue weighted by molar-refractivity contribution is -0.190. The van der Waals surface area contributed by atoms with E-state index < -0.39 is 12.4 Å². The second-order valence-electron chi connectivity index (χ2n) is 4.37. The van der Waals surface area contributed by atoms with Crippen LogP contribution < -0.4 is 0 Å². The van der Waals surface area contributed by atoms with E-state index in [4.69, 9.17) is 9.47 Å². The lowest BCUT2D eigenvalue weighted by Crippen LogP contribution is -2.32. The van der Waals surface area contributed by atoms with Crippen LogP contribution in [0.5, 0.6) is 0 Å². The summed E-state index contributed by atoms with van der Waals surface area (Å²) in [7, 11) is 0. The second-order valence-corrected chi connectivity index (χ2v) is 4.37. The van der Waals surface area contributed by atoms with E-state index in [1.54, 1.807) is 0 Å². The monoisotopic (exact) mass is 252 g/mol. The molecule has 0 fully saturated rings. The Bertz CT molecular complexity index is 315. The van der Waals surface area contributed by atoms with E-state index in [0.717, 1.165) is 6.42 Å². The fraction of sp³-hybridized carbons (Fsp3) is 0.600. The summed E-state index contributed by atoms with van der Waals surface area (Å²) in [5, 5.41) is 10.0. The van der Waals surface area contributed by atoms with Crippen LogP contribution in [0.2, 0.25) is 0 Å². The van der Waals surface area contributed by atoms with Gasteiger partial charge in [0.05, 0.1) is 0 Å². The molecule has 1 rings (SSSR count). The lowest BCUT2D eigenvalue weighted by atomic mass is 10.1. The summed E-state index contributed by atoms with van der Waals surface area (Å²) in [6, 6.07) is 8.37. The number of aryl methyl sites for hydroxylation is 2. The van der Waals surface area contributed by atoms with Crippen LogP contribution in [0.1, 0.15) is 31.4 Å². The summed E-state index contributed by atoms with van der Waals surface area (Å²) in [6.07, 6.45) is 0.392. The molecule has 1 N–H and O–H groups in total. The van der Waals surface area contributed by atoms with Crippen LogP contribution in [-0.2, 0) is 15.9 Å². The van der Waals surface area contributed by atoms with Gasteiger partial charge in [-0.1, -0.05) is 29.8 Å². The molecule has 0 heterocycles. The molecular weight excluding hydrogens is 228 g/mol. The van der Waals surface area contributed by atoms with Gasteiger partial charge in [0.1, 0.15) is 6.10 Å². The van der Waals surface area contributed by atoms with E-state index >= 15 is 0 Å². The van der Waals surface area contributed by atoms with Gasteiger partial charge in [0, 0.05) is 13.2 Å². The Balaban J connectivity index is 2.42. The summed E-state index contributed by atoms with van der Waals surface area (Å²) >= 11 is 0. The van der Waals surface area contributed by atoms with Crippen molar-refractivity contribution in [3.05, 3.63) is 35.4 Å². The van der Waals surface area contributed by atoms with Crippen molar-refractivity contribution in [3.8, 4) is 0 Å². The van der Waals surface area contributed by atoms with Gasteiger partial charge in [0.15, 0.2) is 6.29 Å². The molecule has 18 heavy (non-hydrogen) atoms. The highest BCUT2D eigenvalue weighted by Gasteiger charge is 2.19. The van der Waals surface area contributed by atoms with Crippen molar-refractivity contribution in [1.29, 1.82) is 0 Å². The van der Waals surface area contributed by atoms with Gasteiger partial charge in [-0.05, 0) is 39.2 Å². The zero-order valence-corrected chi connectivity index (χ0v) is 11.6. The first-order chi connectivity index (χ1) is 8.67. The third-order valence-electron chi connectivity index (χ3n) is 2.83. The first-order valence-electron chi connectivity index (χ1n) is 6.64. The van der Waals surface area contributed by atoms with Crippen LogP contribution >= 0.6 is 0 Å². The van der Waals surface area contributed by atoms with Crippen LogP contribution in [0.3, 0.4) is 0 Å². The van der Waals surface area contributed by atoms with E-state index in [1.807, 2.05) is 13.8 Å². The smallest absolute Gasteiger partial charge is 0.183 e. The molecule has 0 saturated heterocycles. The number of rotatable bonds is 8. The molecule has 0 aliphatic carbocycles. The molecule has 0 amide bonds. The Hall–Kier alpha value is -0.900. The summed E-state index contributed by atoms with van der Waals surface area (Å²) in [5.74, 6) is 0.